The van der Waals surface area contributed by atoms with Gasteiger partial charge in [-0.1, -0.05) is 37.6 Å². The standard InChI is InChI=1S/C31H30N4O5S/c1-3-4-10-26-33-29(36)28(31(38)35(26)27(22-11-12-22)23-8-5-7-20(18-23)19-32)41(39,40)24-15-13-21(14-16-24)25-9-6-17-34(2)30(25)37/h5-9,13-18,22,27,36H,3-4,10-12H2,1-2H3. The van der Waals surface area contributed by atoms with E-state index in [0.29, 0.717) is 35.4 Å². The van der Waals surface area contributed by atoms with E-state index >= 15 is 0 Å². The summed E-state index contributed by atoms with van der Waals surface area (Å²) in [6, 6.07) is 17.6. The van der Waals surface area contributed by atoms with Gasteiger partial charge in [-0.05, 0) is 72.7 Å². The molecule has 0 bridgehead atoms. The number of aryl methyl sites for hydroxylation is 2. The van der Waals surface area contributed by atoms with Crippen LogP contribution in [0, 0.1) is 17.2 Å². The SMILES string of the molecule is CCCCc1nc(O)c(S(=O)(=O)c2ccc(-c3cccn(C)c3=O)cc2)c(=O)n1C(c1cccc(C#N)c1)C1CC1. The average Bonchev–Trinajstić information content (AvgIpc) is 3.80. The Morgan fingerprint density at radius 1 is 1.07 bits per heavy atom. The van der Waals surface area contributed by atoms with Gasteiger partial charge < -0.3 is 9.67 Å². The van der Waals surface area contributed by atoms with Crippen LogP contribution in [0.1, 0.15) is 55.6 Å². The summed E-state index contributed by atoms with van der Waals surface area (Å²) in [4.78, 5) is 30.0. The van der Waals surface area contributed by atoms with E-state index in [1.807, 2.05) is 13.0 Å². The number of aromatic hydroxyl groups is 1. The van der Waals surface area contributed by atoms with Crippen molar-refractivity contribution in [3.63, 3.8) is 0 Å². The van der Waals surface area contributed by atoms with Gasteiger partial charge in [-0.15, -0.1) is 0 Å². The fourth-order valence-corrected chi connectivity index (χ4v) is 6.51. The molecule has 0 aliphatic heterocycles. The molecule has 5 rings (SSSR count). The van der Waals surface area contributed by atoms with Gasteiger partial charge in [-0.3, -0.25) is 14.2 Å². The molecule has 2 heterocycles. The molecular weight excluding hydrogens is 540 g/mol. The molecule has 1 aliphatic carbocycles. The minimum absolute atomic E-state index is 0.0664. The van der Waals surface area contributed by atoms with Crippen LogP contribution >= 0.6 is 0 Å². The summed E-state index contributed by atoms with van der Waals surface area (Å²) in [5.41, 5.74) is 0.996. The number of unbranched alkanes of at least 4 members (excludes halogenated alkanes) is 1. The predicted octanol–water partition coefficient (Wildman–Crippen LogP) is 4.36. The first-order valence-electron chi connectivity index (χ1n) is 13.5. The summed E-state index contributed by atoms with van der Waals surface area (Å²) in [6.07, 6.45) is 5.18. The molecule has 2 aromatic heterocycles. The lowest BCUT2D eigenvalue weighted by Gasteiger charge is -2.24. The maximum absolute atomic E-state index is 14.1. The molecule has 1 fully saturated rings. The summed E-state index contributed by atoms with van der Waals surface area (Å²) in [6.45, 7) is 1.99. The van der Waals surface area contributed by atoms with Gasteiger partial charge in [0.2, 0.25) is 15.7 Å². The number of aromatic nitrogens is 3. The summed E-state index contributed by atoms with van der Waals surface area (Å²) in [5, 5.41) is 20.4. The highest BCUT2D eigenvalue weighted by atomic mass is 32.2. The second-order valence-electron chi connectivity index (χ2n) is 10.3. The topological polar surface area (TPSA) is 135 Å². The maximum atomic E-state index is 14.1. The van der Waals surface area contributed by atoms with Crippen molar-refractivity contribution < 1.29 is 13.5 Å². The molecule has 1 saturated carbocycles. The molecule has 4 aromatic rings. The zero-order chi connectivity index (χ0) is 29.3. The first-order valence-corrected chi connectivity index (χ1v) is 15.0. The molecule has 41 heavy (non-hydrogen) atoms. The van der Waals surface area contributed by atoms with Crippen LogP contribution in [0.5, 0.6) is 5.88 Å². The minimum atomic E-state index is -4.49. The van der Waals surface area contributed by atoms with Gasteiger partial charge in [0, 0.05) is 25.2 Å². The van der Waals surface area contributed by atoms with Crippen LogP contribution < -0.4 is 11.1 Å². The Bertz CT molecular complexity index is 1880. The van der Waals surface area contributed by atoms with Crippen molar-refractivity contribution >= 4 is 9.84 Å². The molecule has 10 heteroatoms. The first kappa shape index (κ1) is 28.1. The lowest BCUT2D eigenvalue weighted by molar-refractivity contribution is 0.399. The van der Waals surface area contributed by atoms with E-state index < -0.39 is 32.2 Å². The van der Waals surface area contributed by atoms with Crippen molar-refractivity contribution in [1.29, 1.82) is 5.26 Å². The minimum Gasteiger partial charge on any atom is -0.492 e. The fraction of sp³-hybridized carbons (Fsp3) is 0.290. The Morgan fingerprint density at radius 2 is 1.80 bits per heavy atom. The zero-order valence-corrected chi connectivity index (χ0v) is 23.6. The van der Waals surface area contributed by atoms with Gasteiger partial charge in [-0.25, -0.2) is 8.42 Å². The van der Waals surface area contributed by atoms with Crippen molar-refractivity contribution in [1.82, 2.24) is 14.1 Å². The largest absolute Gasteiger partial charge is 0.492 e. The molecule has 1 unspecified atom stereocenters. The number of nitrogens with zero attached hydrogens (tertiary/aromatic N) is 4. The summed E-state index contributed by atoms with van der Waals surface area (Å²) < 4.78 is 30.5. The Labute approximate surface area is 237 Å². The van der Waals surface area contributed by atoms with E-state index in [9.17, 15) is 28.4 Å². The van der Waals surface area contributed by atoms with E-state index in [0.717, 1.165) is 24.8 Å². The van der Waals surface area contributed by atoms with Crippen molar-refractivity contribution in [2.75, 3.05) is 0 Å². The number of nitriles is 1. The molecule has 1 N–H and O–H groups in total. The van der Waals surface area contributed by atoms with Crippen LogP contribution in [0.25, 0.3) is 11.1 Å². The fourth-order valence-electron chi connectivity index (χ4n) is 5.17. The molecule has 210 valence electrons. The lowest BCUT2D eigenvalue weighted by atomic mass is 9.99. The van der Waals surface area contributed by atoms with Crippen molar-refractivity contribution in [2.24, 2.45) is 13.0 Å². The maximum Gasteiger partial charge on any atom is 0.277 e. The summed E-state index contributed by atoms with van der Waals surface area (Å²) in [7, 11) is -2.87. The van der Waals surface area contributed by atoms with Crippen LogP contribution in [0.15, 0.2) is 86.2 Å². The molecule has 1 aliphatic rings. The molecule has 0 spiro atoms. The molecule has 9 nitrogen and oxygen atoms in total. The van der Waals surface area contributed by atoms with Crippen LogP contribution in [0.2, 0.25) is 0 Å². The van der Waals surface area contributed by atoms with E-state index in [-0.39, 0.29) is 16.4 Å². The molecule has 0 saturated heterocycles. The molecular formula is C31H30N4O5S. The van der Waals surface area contributed by atoms with Crippen LogP contribution in [0.3, 0.4) is 0 Å². The quantitative estimate of drug-likeness (QED) is 0.316. The van der Waals surface area contributed by atoms with E-state index in [2.05, 4.69) is 11.1 Å². The van der Waals surface area contributed by atoms with Crippen molar-refractivity contribution in [2.45, 2.75) is 54.9 Å². The molecule has 2 aromatic carbocycles. The number of sulfone groups is 1. The Morgan fingerprint density at radius 3 is 2.46 bits per heavy atom. The smallest absolute Gasteiger partial charge is 0.277 e. The number of hydrogen-bond donors (Lipinski definition) is 1. The normalized spacial score (nSPS) is 14.0. The Hall–Kier alpha value is -4.49. The monoisotopic (exact) mass is 570 g/mol. The predicted molar refractivity (Wildman–Crippen MR) is 153 cm³/mol. The summed E-state index contributed by atoms with van der Waals surface area (Å²) in [5.74, 6) is -0.460. The second kappa shape index (κ2) is 11.2. The van der Waals surface area contributed by atoms with Gasteiger partial charge in [0.25, 0.3) is 11.1 Å². The zero-order valence-electron chi connectivity index (χ0n) is 22.8. The van der Waals surface area contributed by atoms with Gasteiger partial charge >= 0.3 is 0 Å². The van der Waals surface area contributed by atoms with Crippen LogP contribution in [0.4, 0.5) is 0 Å². The molecule has 1 atom stereocenters. The highest BCUT2D eigenvalue weighted by Gasteiger charge is 2.38. The average molecular weight is 571 g/mol. The van der Waals surface area contributed by atoms with Crippen LogP contribution in [-0.2, 0) is 23.3 Å². The van der Waals surface area contributed by atoms with Gasteiger partial charge in [-0.2, -0.15) is 10.2 Å². The first-order chi connectivity index (χ1) is 19.7. The van der Waals surface area contributed by atoms with E-state index in [1.54, 1.807) is 43.6 Å². The highest BCUT2D eigenvalue weighted by Crippen LogP contribution is 2.44. The Kier molecular flexibility index (Phi) is 7.65. The number of pyridine rings is 1. The number of rotatable bonds is 9. The number of benzene rings is 2. The Balaban J connectivity index is 1.66. The van der Waals surface area contributed by atoms with Gasteiger partial charge in [0.1, 0.15) is 5.82 Å². The highest BCUT2D eigenvalue weighted by molar-refractivity contribution is 7.91. The lowest BCUT2D eigenvalue weighted by Crippen LogP contribution is -2.34. The van der Waals surface area contributed by atoms with E-state index in [1.165, 1.54) is 33.4 Å². The number of hydrogen-bond acceptors (Lipinski definition) is 7. The van der Waals surface area contributed by atoms with E-state index in [4.69, 9.17) is 0 Å². The van der Waals surface area contributed by atoms with Gasteiger partial charge in [0.15, 0.2) is 4.90 Å². The van der Waals surface area contributed by atoms with Crippen LogP contribution in [-0.4, -0.2) is 27.6 Å². The van der Waals surface area contributed by atoms with Crippen molar-refractivity contribution in [3.05, 3.63) is 105 Å². The van der Waals surface area contributed by atoms with Crippen molar-refractivity contribution in [3.8, 4) is 23.1 Å². The third kappa shape index (κ3) is 5.33. The third-order valence-corrected chi connectivity index (χ3v) is 9.24. The summed E-state index contributed by atoms with van der Waals surface area (Å²) >= 11 is 0. The molecule has 0 amide bonds. The third-order valence-electron chi connectivity index (χ3n) is 7.45. The van der Waals surface area contributed by atoms with Gasteiger partial charge in [0.05, 0.1) is 22.6 Å². The molecule has 0 radical (unpaired) electrons. The second-order valence-corrected chi connectivity index (χ2v) is 12.2.